The standard InChI is InChI=1S/C31H35N7O3/c1-20-12-38(27-5-4-21(10-32)29-25(27)3-2-6-34-29)14-24(41-20)13-36-18-31(19-36)30-22(17-40-31)9-23(11-35-30)37-15-26-28(16-37)39-8-7-33-26/h2-6,9,11,20,24,26,28,33H,7-8,12-19H2,1H3/t20-,24+,26-,28-/m1/s1. The molecule has 2 aromatic heterocycles. The van der Waals surface area contributed by atoms with Gasteiger partial charge in [0.15, 0.2) is 0 Å². The number of nitrogens with one attached hydrogen (secondary N) is 1. The SMILES string of the molecule is C[C@@H]1CN(c2ccc(C#N)c3ncccc23)C[C@H](CN2CC3(C2)OCc2cc(N4C[C@H]5NCCO[C@@H]5C4)cnc23)O1. The third-order valence-corrected chi connectivity index (χ3v) is 9.31. The fraction of sp³-hybridized carbons (Fsp3) is 0.516. The lowest BCUT2D eigenvalue weighted by Crippen LogP contribution is -2.62. The summed E-state index contributed by atoms with van der Waals surface area (Å²) in [6.07, 6.45) is 4.21. The lowest BCUT2D eigenvalue weighted by atomic mass is 9.88. The maximum Gasteiger partial charge on any atom is 0.136 e. The Labute approximate surface area is 239 Å². The predicted molar refractivity (Wildman–Crippen MR) is 154 cm³/mol. The van der Waals surface area contributed by atoms with Gasteiger partial charge in [-0.15, -0.1) is 0 Å². The van der Waals surface area contributed by atoms with E-state index in [2.05, 4.69) is 56.2 Å². The van der Waals surface area contributed by atoms with E-state index in [4.69, 9.17) is 19.2 Å². The first-order chi connectivity index (χ1) is 20.1. The Morgan fingerprint density at radius 1 is 1.12 bits per heavy atom. The Hall–Kier alpha value is -3.33. The fourth-order valence-corrected chi connectivity index (χ4v) is 7.48. The first-order valence-corrected chi connectivity index (χ1v) is 14.7. The van der Waals surface area contributed by atoms with Crippen molar-refractivity contribution in [1.82, 2.24) is 20.2 Å². The van der Waals surface area contributed by atoms with E-state index in [1.165, 1.54) is 5.56 Å². The minimum atomic E-state index is -0.313. The van der Waals surface area contributed by atoms with E-state index in [9.17, 15) is 5.26 Å². The molecule has 10 heteroatoms. The van der Waals surface area contributed by atoms with Crippen LogP contribution in [-0.2, 0) is 26.4 Å². The molecule has 4 atom stereocenters. The Morgan fingerprint density at radius 2 is 2.05 bits per heavy atom. The number of benzene rings is 1. The largest absolute Gasteiger partial charge is 0.373 e. The lowest BCUT2D eigenvalue weighted by molar-refractivity contribution is -0.157. The molecule has 212 valence electrons. The van der Waals surface area contributed by atoms with Gasteiger partial charge in [-0.3, -0.25) is 14.9 Å². The highest BCUT2D eigenvalue weighted by Crippen LogP contribution is 2.44. The quantitative estimate of drug-likeness (QED) is 0.517. The Balaban J connectivity index is 0.936. The van der Waals surface area contributed by atoms with Gasteiger partial charge < -0.3 is 29.3 Å². The average Bonchev–Trinajstić information content (AvgIpc) is 3.58. The highest BCUT2D eigenvalue weighted by molar-refractivity contribution is 5.95. The van der Waals surface area contributed by atoms with Crippen LogP contribution in [0.3, 0.4) is 0 Å². The first-order valence-electron chi connectivity index (χ1n) is 14.7. The van der Waals surface area contributed by atoms with Crippen molar-refractivity contribution < 1.29 is 14.2 Å². The minimum Gasteiger partial charge on any atom is -0.373 e. The first kappa shape index (κ1) is 25.4. The van der Waals surface area contributed by atoms with Gasteiger partial charge in [0.05, 0.1) is 66.2 Å². The number of morpholine rings is 2. The summed E-state index contributed by atoms with van der Waals surface area (Å²) >= 11 is 0. The molecule has 0 bridgehead atoms. The van der Waals surface area contributed by atoms with Gasteiger partial charge in [0.2, 0.25) is 0 Å². The number of rotatable bonds is 4. The third kappa shape index (κ3) is 4.35. The minimum absolute atomic E-state index is 0.0733. The number of hydrogen-bond donors (Lipinski definition) is 1. The molecule has 4 fully saturated rings. The zero-order valence-electron chi connectivity index (χ0n) is 23.3. The van der Waals surface area contributed by atoms with E-state index < -0.39 is 0 Å². The van der Waals surface area contributed by atoms with Crippen molar-refractivity contribution in [3.05, 3.63) is 59.5 Å². The second kappa shape index (κ2) is 9.89. The summed E-state index contributed by atoms with van der Waals surface area (Å²) in [6.45, 7) is 10.4. The summed E-state index contributed by atoms with van der Waals surface area (Å²) in [5, 5.41) is 14.2. The van der Waals surface area contributed by atoms with Crippen LogP contribution >= 0.6 is 0 Å². The number of pyridine rings is 2. The third-order valence-electron chi connectivity index (χ3n) is 9.31. The second-order valence-electron chi connectivity index (χ2n) is 12.1. The molecular weight excluding hydrogens is 518 g/mol. The molecule has 10 nitrogen and oxygen atoms in total. The van der Waals surface area contributed by atoms with E-state index in [-0.39, 0.29) is 23.9 Å². The van der Waals surface area contributed by atoms with Crippen molar-refractivity contribution in [3.8, 4) is 6.07 Å². The van der Waals surface area contributed by atoms with Crippen LogP contribution in [0.1, 0.15) is 23.7 Å². The van der Waals surface area contributed by atoms with Crippen LogP contribution in [0.4, 0.5) is 11.4 Å². The molecule has 0 saturated carbocycles. The zero-order valence-corrected chi connectivity index (χ0v) is 23.3. The number of nitrogens with zero attached hydrogens (tertiary/aromatic N) is 6. The molecule has 0 unspecified atom stereocenters. The molecule has 7 heterocycles. The van der Waals surface area contributed by atoms with Gasteiger partial charge in [-0.05, 0) is 37.3 Å². The number of hydrogen-bond acceptors (Lipinski definition) is 10. The van der Waals surface area contributed by atoms with Crippen molar-refractivity contribution in [2.45, 2.75) is 43.5 Å². The molecule has 8 rings (SSSR count). The molecule has 1 spiro atoms. The molecule has 1 N–H and O–H groups in total. The van der Waals surface area contributed by atoms with E-state index in [0.29, 0.717) is 18.2 Å². The lowest BCUT2D eigenvalue weighted by Gasteiger charge is -2.49. The molecule has 0 aliphatic carbocycles. The Kier molecular flexibility index (Phi) is 6.13. The number of nitriles is 1. The number of anilines is 2. The molecule has 3 aromatic rings. The monoisotopic (exact) mass is 553 g/mol. The van der Waals surface area contributed by atoms with E-state index in [0.717, 1.165) is 86.9 Å². The number of fused-ring (bicyclic) bond motifs is 4. The van der Waals surface area contributed by atoms with E-state index in [1.54, 1.807) is 6.20 Å². The van der Waals surface area contributed by atoms with Gasteiger partial charge in [0.1, 0.15) is 11.7 Å². The maximum absolute atomic E-state index is 9.55. The Bertz CT molecular complexity index is 1510. The molecular formula is C31H35N7O3. The van der Waals surface area contributed by atoms with Gasteiger partial charge in [-0.25, -0.2) is 0 Å². The fourth-order valence-electron chi connectivity index (χ4n) is 7.48. The van der Waals surface area contributed by atoms with Crippen LogP contribution in [0.2, 0.25) is 0 Å². The van der Waals surface area contributed by atoms with Crippen molar-refractivity contribution in [2.75, 3.05) is 68.8 Å². The normalized spacial score (nSPS) is 28.9. The summed E-state index contributed by atoms with van der Waals surface area (Å²) in [5.41, 5.74) is 5.63. The molecule has 1 aromatic carbocycles. The zero-order chi connectivity index (χ0) is 27.6. The van der Waals surface area contributed by atoms with Crippen LogP contribution in [0.5, 0.6) is 0 Å². The van der Waals surface area contributed by atoms with E-state index in [1.807, 2.05) is 18.3 Å². The van der Waals surface area contributed by atoms with E-state index >= 15 is 0 Å². The maximum atomic E-state index is 9.55. The average molecular weight is 554 g/mol. The predicted octanol–water partition coefficient (Wildman–Crippen LogP) is 2.01. The molecule has 4 saturated heterocycles. The smallest absolute Gasteiger partial charge is 0.136 e. The number of ether oxygens (including phenoxy) is 3. The summed E-state index contributed by atoms with van der Waals surface area (Å²) in [5.74, 6) is 0. The van der Waals surface area contributed by atoms with Crippen molar-refractivity contribution in [3.63, 3.8) is 0 Å². The van der Waals surface area contributed by atoms with Crippen molar-refractivity contribution in [2.24, 2.45) is 0 Å². The molecule has 41 heavy (non-hydrogen) atoms. The van der Waals surface area contributed by atoms with Gasteiger partial charge in [-0.1, -0.05) is 0 Å². The highest BCUT2D eigenvalue weighted by Gasteiger charge is 2.52. The van der Waals surface area contributed by atoms with Crippen LogP contribution in [-0.4, -0.2) is 98.2 Å². The molecule has 0 radical (unpaired) electrons. The van der Waals surface area contributed by atoms with Gasteiger partial charge in [0, 0.05) is 75.2 Å². The molecule has 5 aliphatic heterocycles. The van der Waals surface area contributed by atoms with Gasteiger partial charge >= 0.3 is 0 Å². The topological polar surface area (TPSA) is 99.0 Å². The molecule has 5 aliphatic rings. The highest BCUT2D eigenvalue weighted by atomic mass is 16.5. The second-order valence-corrected chi connectivity index (χ2v) is 12.1. The number of likely N-dealkylation sites (tertiary alicyclic amines) is 1. The van der Waals surface area contributed by atoms with Crippen LogP contribution < -0.4 is 15.1 Å². The van der Waals surface area contributed by atoms with Gasteiger partial charge in [-0.2, -0.15) is 5.26 Å². The summed E-state index contributed by atoms with van der Waals surface area (Å²) in [7, 11) is 0. The van der Waals surface area contributed by atoms with Crippen LogP contribution in [0.15, 0.2) is 42.7 Å². The summed E-state index contributed by atoms with van der Waals surface area (Å²) in [6, 6.07) is 12.9. The summed E-state index contributed by atoms with van der Waals surface area (Å²) in [4.78, 5) is 16.7. The van der Waals surface area contributed by atoms with Crippen molar-refractivity contribution in [1.29, 1.82) is 5.26 Å². The summed E-state index contributed by atoms with van der Waals surface area (Å²) < 4.78 is 18.8. The van der Waals surface area contributed by atoms with Crippen LogP contribution in [0, 0.1) is 11.3 Å². The molecule has 0 amide bonds. The van der Waals surface area contributed by atoms with Crippen LogP contribution in [0.25, 0.3) is 10.9 Å². The van der Waals surface area contributed by atoms with Crippen molar-refractivity contribution >= 4 is 22.3 Å². The Morgan fingerprint density at radius 3 is 2.93 bits per heavy atom. The van der Waals surface area contributed by atoms with Gasteiger partial charge in [0.25, 0.3) is 0 Å². The number of aromatic nitrogens is 2.